The van der Waals surface area contributed by atoms with E-state index in [0.717, 1.165) is 12.1 Å². The highest BCUT2D eigenvalue weighted by atomic mass is 35.5. The Morgan fingerprint density at radius 3 is 1.23 bits per heavy atom. The van der Waals surface area contributed by atoms with Crippen molar-refractivity contribution in [2.75, 3.05) is 0 Å². The van der Waals surface area contributed by atoms with Gasteiger partial charge in [0, 0.05) is 55.6 Å². The number of aliphatic carboxylic acids is 1. The Labute approximate surface area is 452 Å². The molecule has 0 unspecified atom stereocenters. The predicted molar refractivity (Wildman–Crippen MR) is 276 cm³/mol. The van der Waals surface area contributed by atoms with E-state index < -0.39 is 84.9 Å². The number of carboxylic acids is 2. The van der Waals surface area contributed by atoms with Crippen LogP contribution in [-0.4, -0.2) is 49.5 Å². The fourth-order valence-electron chi connectivity index (χ4n) is 4.36. The summed E-state index contributed by atoms with van der Waals surface area (Å²) in [6, 6.07) is 29.1. The molecular weight excluding hydrogens is 982 g/mol. The standard InChI is InChI=1S/C17H15ClO4.C13H9ClO2.C7H6O3.3C6H5Cl/c1-17(2,16(20)21)22-14-9-5-12(6-10-14)15(19)11-3-7-13(18)8-4-11;14-11-5-1-9(2-6-11)13(16)10-3-7-12(15)8-4-10;8-6-3-1-5(2-4-6)7(9)10;3*7-6-4-2-1-3-5-6/h3-10H,1-2H3,(H,20,21);1-8,15H;1-4,8H,(H,9,10);3*1-5H/i1D3,2D3;;1D,2D,3D,4D;1D,2D,3D,4D,5D;4D,5D;2D,3D. The first-order valence-electron chi connectivity index (χ1n) is 28.3. The Bertz CT molecular complexity index is 3540. The van der Waals surface area contributed by atoms with Crippen molar-refractivity contribution in [3.05, 3.63) is 265 Å². The van der Waals surface area contributed by atoms with Crippen LogP contribution in [-0.2, 0) is 4.79 Å². The second kappa shape index (κ2) is 29.6. The van der Waals surface area contributed by atoms with Crippen LogP contribution in [0.3, 0.4) is 0 Å². The van der Waals surface area contributed by atoms with Crippen molar-refractivity contribution in [2.45, 2.75) is 19.3 Å². The molecule has 8 aromatic carbocycles. The minimum atomic E-state index is -3.48. The molecule has 9 nitrogen and oxygen atoms in total. The van der Waals surface area contributed by atoms with Crippen LogP contribution < -0.4 is 4.74 Å². The van der Waals surface area contributed by atoms with Gasteiger partial charge in [-0.1, -0.05) is 112 Å². The van der Waals surface area contributed by atoms with Crippen molar-refractivity contribution in [1.29, 1.82) is 0 Å². The van der Waals surface area contributed by atoms with Crippen molar-refractivity contribution in [3.8, 4) is 17.2 Å². The van der Waals surface area contributed by atoms with Gasteiger partial charge in [-0.3, -0.25) is 9.59 Å². The number of ketones is 2. The summed E-state index contributed by atoms with van der Waals surface area (Å²) in [4.78, 5) is 46.5. The number of carboxylic acid groups (broad SMARTS) is 2. The largest absolute Gasteiger partial charge is 0.508 e. The van der Waals surface area contributed by atoms with E-state index in [9.17, 15) is 24.3 Å². The lowest BCUT2D eigenvalue weighted by molar-refractivity contribution is -0.152. The molecule has 0 aliphatic rings. The number of carbonyl (C=O) groups is 4. The number of hydrogen-bond donors (Lipinski definition) is 4. The van der Waals surface area contributed by atoms with Gasteiger partial charge in [-0.15, -0.1) is 0 Å². The number of halogens is 5. The van der Waals surface area contributed by atoms with E-state index in [1.807, 2.05) is 0 Å². The van der Waals surface area contributed by atoms with Gasteiger partial charge in [0.2, 0.25) is 0 Å². The van der Waals surface area contributed by atoms with Gasteiger partial charge in [-0.05, 0) is 171 Å². The number of aromatic hydroxyl groups is 2. The van der Waals surface area contributed by atoms with Crippen molar-refractivity contribution >= 4 is 81.5 Å². The van der Waals surface area contributed by atoms with Crippen molar-refractivity contribution in [3.63, 3.8) is 0 Å². The summed E-state index contributed by atoms with van der Waals surface area (Å²) in [6.45, 7) is -6.97. The van der Waals surface area contributed by atoms with Crippen molar-refractivity contribution in [2.24, 2.45) is 0 Å². The second-order valence-corrected chi connectivity index (χ2v) is 14.6. The molecule has 0 atom stereocenters. The highest BCUT2D eigenvalue weighted by Gasteiger charge is 2.29. The molecule has 0 saturated carbocycles. The van der Waals surface area contributed by atoms with E-state index in [0.29, 0.717) is 31.8 Å². The summed E-state index contributed by atoms with van der Waals surface area (Å²) in [6.07, 6.45) is 0. The molecule has 8 rings (SSSR count). The molecule has 0 aromatic heterocycles. The third-order valence-electron chi connectivity index (χ3n) is 7.55. The highest BCUT2D eigenvalue weighted by Crippen LogP contribution is 2.22. The summed E-state index contributed by atoms with van der Waals surface area (Å²) < 4.78 is 142. The number of rotatable bonds is 8. The zero-order valence-electron chi connectivity index (χ0n) is 53.9. The van der Waals surface area contributed by atoms with E-state index in [1.54, 1.807) is 66.7 Å². The Morgan fingerprint density at radius 1 is 0.435 bits per heavy atom. The molecule has 0 fully saturated rings. The fraction of sp³-hybridized carbons (Fsp3) is 0.0545. The third-order valence-corrected chi connectivity index (χ3v) is 8.68. The second-order valence-electron chi connectivity index (χ2n) is 12.6. The van der Waals surface area contributed by atoms with E-state index >= 15 is 0 Å². The van der Waals surface area contributed by atoms with E-state index in [1.165, 1.54) is 54.6 Å². The summed E-state index contributed by atoms with van der Waals surface area (Å²) in [5.41, 5.74) is -2.52. The molecule has 4 N–H and O–H groups in total. The molecule has 69 heavy (non-hydrogen) atoms. The smallest absolute Gasteiger partial charge is 0.347 e. The summed E-state index contributed by atoms with van der Waals surface area (Å²) in [5, 5.41) is 37.6. The molecule has 0 amide bonds. The molecule has 8 aromatic rings. The van der Waals surface area contributed by atoms with Gasteiger partial charge in [-0.25, -0.2) is 9.59 Å². The first-order valence-corrected chi connectivity index (χ1v) is 20.7. The third kappa shape index (κ3) is 22.0. The maximum Gasteiger partial charge on any atom is 0.347 e. The van der Waals surface area contributed by atoms with Crippen LogP contribution in [0.5, 0.6) is 17.2 Å². The molecule has 0 bridgehead atoms. The lowest BCUT2D eigenvalue weighted by Gasteiger charge is -2.21. The first kappa shape index (κ1) is 33.4. The first-order chi connectivity index (χ1) is 40.7. The van der Waals surface area contributed by atoms with E-state index in [2.05, 4.69) is 0 Å². The molecule has 0 saturated heterocycles. The Kier molecular flexibility index (Phi) is 14.3. The number of benzene rings is 8. The molecule has 354 valence electrons. The van der Waals surface area contributed by atoms with Gasteiger partial charge in [0.15, 0.2) is 17.2 Å². The minimum Gasteiger partial charge on any atom is -0.508 e. The fourth-order valence-corrected chi connectivity index (χ4v) is 4.95. The number of aromatic carboxylic acids is 1. The van der Waals surface area contributed by atoms with E-state index in [4.69, 9.17) is 104 Å². The Morgan fingerprint density at radius 2 is 0.841 bits per heavy atom. The zero-order valence-corrected chi connectivity index (χ0v) is 38.7. The van der Waals surface area contributed by atoms with Gasteiger partial charge < -0.3 is 25.2 Å². The van der Waals surface area contributed by atoms with Crippen LogP contribution >= 0.6 is 58.0 Å². The SMILES string of the molecule is O=C(c1ccc(O)cc1)c1ccc(Cl)cc1.[2H]C([2H])([2H])C(Oc1ccc(C(=O)c2ccc(Cl)cc2)cc1)(C(=O)O)C([2H])([2H])[2H].[2H]c1c([2H])c(C(=O)O)c([2H])c([2H])c1O.[2H]c1c([2H])c([2H])c(Cl)c([2H])c1[2H].[2H]c1cc([2H])cc(Cl)c1.[2H]c1cccc([2H])c1Cl. The summed E-state index contributed by atoms with van der Waals surface area (Å²) in [5.74, 6) is -5.16. The number of ether oxygens (including phenoxy) is 1. The molecule has 0 aliphatic carbocycles. The lowest BCUT2D eigenvalue weighted by Crippen LogP contribution is -2.37. The molecular formula is C55H45Cl5O9. The van der Waals surface area contributed by atoms with Gasteiger partial charge in [0.1, 0.15) is 17.2 Å². The number of hydrogen-bond acceptors (Lipinski definition) is 7. The van der Waals surface area contributed by atoms with Crippen LogP contribution in [0, 0.1) is 0 Å². The minimum absolute atomic E-state index is 0.0864. The summed E-state index contributed by atoms with van der Waals surface area (Å²) >= 11 is 28.0. The van der Waals surface area contributed by atoms with Crippen molar-refractivity contribution < 1.29 is 70.4 Å². The van der Waals surface area contributed by atoms with Gasteiger partial charge in [0.05, 0.1) is 23.4 Å². The van der Waals surface area contributed by atoms with Gasteiger partial charge >= 0.3 is 11.9 Å². The molecule has 14 heteroatoms. The highest BCUT2D eigenvalue weighted by molar-refractivity contribution is 6.31. The number of carbonyl (C=O) groups excluding carboxylic acids is 2. The van der Waals surface area contributed by atoms with E-state index in [-0.39, 0.29) is 74.9 Å². The zero-order chi connectivity index (χ0) is 67.1. The number of phenols is 2. The number of phenolic OH excluding ortho intramolecular Hbond substituents is 2. The normalized spacial score (nSPS) is 14.1. The van der Waals surface area contributed by atoms with Crippen LogP contribution in [0.1, 0.15) is 81.9 Å². The molecule has 0 spiro atoms. The van der Waals surface area contributed by atoms with Gasteiger partial charge in [-0.2, -0.15) is 0 Å². The molecule has 0 heterocycles. The van der Waals surface area contributed by atoms with Crippen LogP contribution in [0.15, 0.2) is 212 Å². The lowest BCUT2D eigenvalue weighted by atomic mass is 10.0. The predicted octanol–water partition coefficient (Wildman–Crippen LogP) is 15.2. The molecule has 0 aliphatic heterocycles. The van der Waals surface area contributed by atoms with Crippen LogP contribution in [0.2, 0.25) is 25.1 Å². The average Bonchev–Trinajstić information content (AvgIpc) is 0.766. The maximum atomic E-state index is 12.4. The monoisotopic (exact) mass is 1040 g/mol. The van der Waals surface area contributed by atoms with Crippen LogP contribution in [0.25, 0.3) is 0 Å². The molecule has 0 radical (unpaired) electrons. The van der Waals surface area contributed by atoms with Crippen LogP contribution in [0.4, 0.5) is 0 Å². The Balaban J connectivity index is 0.000000291. The topological polar surface area (TPSA) is 158 Å². The Hall–Kier alpha value is -7.11. The van der Waals surface area contributed by atoms with Gasteiger partial charge in [0.25, 0.3) is 0 Å². The van der Waals surface area contributed by atoms with Crippen molar-refractivity contribution in [1.82, 2.24) is 0 Å². The maximum absolute atomic E-state index is 12.4. The average molecular weight is 1050 g/mol. The quantitative estimate of drug-likeness (QED) is 0.109. The summed E-state index contributed by atoms with van der Waals surface area (Å²) in [7, 11) is 0.